The molecule has 24 heavy (non-hydrogen) atoms. The lowest BCUT2D eigenvalue weighted by Gasteiger charge is -2.12. The third-order valence-electron chi connectivity index (χ3n) is 4.09. The molecule has 0 saturated heterocycles. The van der Waals surface area contributed by atoms with E-state index in [1.54, 1.807) is 0 Å². The van der Waals surface area contributed by atoms with E-state index in [2.05, 4.69) is 58.9 Å². The Kier molecular flexibility index (Phi) is 6.78. The van der Waals surface area contributed by atoms with Crippen molar-refractivity contribution in [1.82, 2.24) is 25.4 Å². The number of benzene rings is 1. The van der Waals surface area contributed by atoms with Gasteiger partial charge in [-0.05, 0) is 31.4 Å². The molecule has 0 spiro atoms. The van der Waals surface area contributed by atoms with Crippen molar-refractivity contribution in [2.45, 2.75) is 46.7 Å². The zero-order chi connectivity index (χ0) is 17.4. The Hall–Kier alpha value is -2.37. The number of guanidine groups is 1. The molecule has 0 radical (unpaired) electrons. The number of hydrogen-bond donors (Lipinski definition) is 2. The zero-order valence-corrected chi connectivity index (χ0v) is 15.1. The molecule has 0 bridgehead atoms. The van der Waals surface area contributed by atoms with Gasteiger partial charge in [0.25, 0.3) is 0 Å². The Balaban J connectivity index is 2.01. The quantitative estimate of drug-likeness (QED) is 0.465. The Morgan fingerprint density at radius 1 is 1.17 bits per heavy atom. The number of nitrogens with zero attached hydrogens (tertiary/aromatic N) is 4. The van der Waals surface area contributed by atoms with Crippen molar-refractivity contribution in [2.24, 2.45) is 12.0 Å². The summed E-state index contributed by atoms with van der Waals surface area (Å²) in [5, 5.41) is 15.0. The van der Waals surface area contributed by atoms with E-state index in [0.717, 1.165) is 37.0 Å². The molecular weight excluding hydrogens is 300 g/mol. The molecule has 0 amide bonds. The van der Waals surface area contributed by atoms with Crippen LogP contribution < -0.4 is 10.6 Å². The summed E-state index contributed by atoms with van der Waals surface area (Å²) in [5.41, 5.74) is 2.50. The van der Waals surface area contributed by atoms with Crippen LogP contribution in [0.15, 0.2) is 29.3 Å². The van der Waals surface area contributed by atoms with Crippen LogP contribution in [0.3, 0.4) is 0 Å². The molecule has 1 aromatic carbocycles. The first kappa shape index (κ1) is 18.0. The average molecular weight is 328 g/mol. The topological polar surface area (TPSA) is 67.1 Å². The van der Waals surface area contributed by atoms with Gasteiger partial charge >= 0.3 is 0 Å². The van der Waals surface area contributed by atoms with Crippen molar-refractivity contribution in [3.8, 4) is 0 Å². The van der Waals surface area contributed by atoms with E-state index < -0.39 is 0 Å². The molecular formula is C18H28N6. The summed E-state index contributed by atoms with van der Waals surface area (Å²) in [6, 6.07) is 8.34. The smallest absolute Gasteiger partial charge is 0.191 e. The van der Waals surface area contributed by atoms with Gasteiger partial charge in [0, 0.05) is 13.6 Å². The van der Waals surface area contributed by atoms with Gasteiger partial charge in [-0.1, -0.05) is 37.6 Å². The third-order valence-corrected chi connectivity index (χ3v) is 4.09. The first-order valence-corrected chi connectivity index (χ1v) is 8.53. The Morgan fingerprint density at radius 3 is 2.62 bits per heavy atom. The maximum absolute atomic E-state index is 4.72. The van der Waals surface area contributed by atoms with Crippen LogP contribution in [-0.4, -0.2) is 27.3 Å². The fourth-order valence-corrected chi connectivity index (χ4v) is 2.28. The van der Waals surface area contributed by atoms with Crippen molar-refractivity contribution >= 4 is 5.96 Å². The first-order valence-electron chi connectivity index (χ1n) is 8.53. The van der Waals surface area contributed by atoms with E-state index in [1.807, 2.05) is 18.5 Å². The first-order chi connectivity index (χ1) is 11.6. The largest absolute Gasteiger partial charge is 0.356 e. The second-order valence-electron chi connectivity index (χ2n) is 5.95. The fraction of sp³-hybridized carbons (Fsp3) is 0.500. The number of unbranched alkanes of at least 4 members (excludes halogenated alkanes) is 1. The molecule has 0 aliphatic carbocycles. The zero-order valence-electron chi connectivity index (χ0n) is 15.1. The van der Waals surface area contributed by atoms with E-state index >= 15 is 0 Å². The second-order valence-corrected chi connectivity index (χ2v) is 5.95. The summed E-state index contributed by atoms with van der Waals surface area (Å²) in [6.45, 7) is 8.42. The SMILES string of the molecule is CCCCNC(=NCc1ccccc1C)NCc1nnc(C)n1C. The fourth-order valence-electron chi connectivity index (χ4n) is 2.28. The van der Waals surface area contributed by atoms with Crippen molar-refractivity contribution in [2.75, 3.05) is 6.54 Å². The number of hydrogen-bond acceptors (Lipinski definition) is 3. The van der Waals surface area contributed by atoms with Crippen LogP contribution in [0.25, 0.3) is 0 Å². The van der Waals surface area contributed by atoms with Crippen LogP contribution in [0.2, 0.25) is 0 Å². The maximum Gasteiger partial charge on any atom is 0.191 e. The summed E-state index contributed by atoms with van der Waals surface area (Å²) in [4.78, 5) is 4.72. The molecule has 0 fully saturated rings. The monoisotopic (exact) mass is 328 g/mol. The van der Waals surface area contributed by atoms with Gasteiger partial charge in [-0.3, -0.25) is 0 Å². The van der Waals surface area contributed by atoms with Crippen molar-refractivity contribution in [1.29, 1.82) is 0 Å². The predicted octanol–water partition coefficient (Wildman–Crippen LogP) is 2.47. The molecule has 1 heterocycles. The van der Waals surface area contributed by atoms with Crippen LogP contribution in [0, 0.1) is 13.8 Å². The van der Waals surface area contributed by atoms with Gasteiger partial charge in [-0.2, -0.15) is 0 Å². The van der Waals surface area contributed by atoms with Gasteiger partial charge in [0.1, 0.15) is 5.82 Å². The molecule has 0 aliphatic rings. The predicted molar refractivity (Wildman–Crippen MR) is 97.8 cm³/mol. The molecule has 2 N–H and O–H groups in total. The summed E-state index contributed by atoms with van der Waals surface area (Å²) in [7, 11) is 1.97. The van der Waals surface area contributed by atoms with E-state index in [0.29, 0.717) is 13.1 Å². The van der Waals surface area contributed by atoms with E-state index in [-0.39, 0.29) is 0 Å². The highest BCUT2D eigenvalue weighted by atomic mass is 15.3. The Morgan fingerprint density at radius 2 is 1.96 bits per heavy atom. The Bertz CT molecular complexity index is 674. The number of rotatable bonds is 7. The molecule has 130 valence electrons. The number of aromatic nitrogens is 3. The minimum atomic E-state index is 0.600. The number of nitrogens with one attached hydrogen (secondary N) is 2. The minimum Gasteiger partial charge on any atom is -0.356 e. The van der Waals surface area contributed by atoms with Crippen molar-refractivity contribution in [3.63, 3.8) is 0 Å². The second kappa shape index (κ2) is 9.05. The Labute approximate surface area is 144 Å². The molecule has 0 atom stereocenters. The standard InChI is InChI=1S/C18H28N6/c1-5-6-11-19-18(20-12-16-10-8-7-9-14(16)2)21-13-17-23-22-15(3)24(17)4/h7-10H,5-6,11-13H2,1-4H3,(H2,19,20,21). The highest BCUT2D eigenvalue weighted by Crippen LogP contribution is 2.08. The lowest BCUT2D eigenvalue weighted by Crippen LogP contribution is -2.38. The van der Waals surface area contributed by atoms with Gasteiger partial charge in [0.05, 0.1) is 13.1 Å². The highest BCUT2D eigenvalue weighted by molar-refractivity contribution is 5.79. The van der Waals surface area contributed by atoms with Crippen LogP contribution in [0.5, 0.6) is 0 Å². The van der Waals surface area contributed by atoms with Crippen LogP contribution in [0.4, 0.5) is 0 Å². The molecule has 0 aliphatic heterocycles. The molecule has 2 aromatic rings. The minimum absolute atomic E-state index is 0.600. The van der Waals surface area contributed by atoms with Crippen molar-refractivity contribution < 1.29 is 0 Å². The summed E-state index contributed by atoms with van der Waals surface area (Å²) in [6.07, 6.45) is 2.27. The van der Waals surface area contributed by atoms with E-state index in [9.17, 15) is 0 Å². The lowest BCUT2D eigenvalue weighted by molar-refractivity contribution is 0.695. The summed E-state index contributed by atoms with van der Waals surface area (Å²) in [5.74, 6) is 2.62. The lowest BCUT2D eigenvalue weighted by atomic mass is 10.1. The highest BCUT2D eigenvalue weighted by Gasteiger charge is 2.06. The van der Waals surface area contributed by atoms with Crippen LogP contribution in [0.1, 0.15) is 42.5 Å². The number of aliphatic imine (C=N–C) groups is 1. The number of aryl methyl sites for hydroxylation is 2. The summed E-state index contributed by atoms with van der Waals surface area (Å²) >= 11 is 0. The summed E-state index contributed by atoms with van der Waals surface area (Å²) < 4.78 is 1.98. The van der Waals surface area contributed by atoms with Gasteiger partial charge in [0.2, 0.25) is 0 Å². The molecule has 0 unspecified atom stereocenters. The van der Waals surface area contributed by atoms with Gasteiger partial charge in [-0.25, -0.2) is 4.99 Å². The van der Waals surface area contributed by atoms with Crippen molar-refractivity contribution in [3.05, 3.63) is 47.0 Å². The normalized spacial score (nSPS) is 11.6. The van der Waals surface area contributed by atoms with Crippen LogP contribution in [-0.2, 0) is 20.1 Å². The maximum atomic E-state index is 4.72. The third kappa shape index (κ3) is 5.08. The van der Waals surface area contributed by atoms with Gasteiger partial charge < -0.3 is 15.2 Å². The molecule has 2 rings (SSSR count). The van der Waals surface area contributed by atoms with Gasteiger partial charge in [0.15, 0.2) is 11.8 Å². The average Bonchev–Trinajstić information content (AvgIpc) is 2.90. The molecule has 1 aromatic heterocycles. The van der Waals surface area contributed by atoms with E-state index in [1.165, 1.54) is 11.1 Å². The van der Waals surface area contributed by atoms with E-state index in [4.69, 9.17) is 4.99 Å². The molecule has 0 saturated carbocycles. The van der Waals surface area contributed by atoms with Crippen LogP contribution >= 0.6 is 0 Å². The van der Waals surface area contributed by atoms with Gasteiger partial charge in [-0.15, -0.1) is 10.2 Å². The molecule has 6 nitrogen and oxygen atoms in total. The molecule has 6 heteroatoms.